The Morgan fingerprint density at radius 2 is 2.30 bits per heavy atom. The van der Waals surface area contributed by atoms with Gasteiger partial charge in [-0.2, -0.15) is 0 Å². The van der Waals surface area contributed by atoms with E-state index in [0.29, 0.717) is 11.0 Å². The van der Waals surface area contributed by atoms with Gasteiger partial charge in [-0.3, -0.25) is 4.79 Å². The Balaban J connectivity index is 1.94. The molecule has 0 aliphatic carbocycles. The average Bonchev–Trinajstić information content (AvgIpc) is 2.40. The summed E-state index contributed by atoms with van der Waals surface area (Å²) < 4.78 is 19.5. The lowest BCUT2D eigenvalue weighted by Gasteiger charge is -2.38. The molecule has 110 valence electrons. The van der Waals surface area contributed by atoms with Crippen LogP contribution in [0.1, 0.15) is 13.8 Å². The van der Waals surface area contributed by atoms with Crippen molar-refractivity contribution in [3.63, 3.8) is 0 Å². The number of rotatable bonds is 3. The molecule has 1 aromatic carbocycles. The lowest BCUT2D eigenvalue weighted by atomic mass is 10.1. The summed E-state index contributed by atoms with van der Waals surface area (Å²) in [4.78, 5) is 13.9. The second-order valence-corrected chi connectivity index (χ2v) is 5.85. The number of carbonyl (C=O) groups excluding carboxylic acids is 1. The second-order valence-electron chi connectivity index (χ2n) is 4.93. The zero-order valence-corrected chi connectivity index (χ0v) is 13.1. The molecule has 1 aliphatic rings. The number of nitrogens with zero attached hydrogens (tertiary/aromatic N) is 1. The van der Waals surface area contributed by atoms with Crippen LogP contribution in [0.4, 0.5) is 4.39 Å². The van der Waals surface area contributed by atoms with Crippen molar-refractivity contribution in [2.75, 3.05) is 19.7 Å². The Morgan fingerprint density at radius 3 is 3.00 bits per heavy atom. The third-order valence-corrected chi connectivity index (χ3v) is 4.09. The van der Waals surface area contributed by atoms with Crippen molar-refractivity contribution >= 4 is 21.8 Å². The predicted molar refractivity (Wildman–Crippen MR) is 78.2 cm³/mol. The number of carbonyl (C=O) groups is 1. The highest BCUT2D eigenvalue weighted by Gasteiger charge is 2.28. The first-order valence-electron chi connectivity index (χ1n) is 6.59. The van der Waals surface area contributed by atoms with Crippen LogP contribution < -0.4 is 10.1 Å². The molecule has 1 aliphatic heterocycles. The second kappa shape index (κ2) is 6.54. The maximum absolute atomic E-state index is 13.6. The summed E-state index contributed by atoms with van der Waals surface area (Å²) in [6.07, 6.45) is 0. The summed E-state index contributed by atoms with van der Waals surface area (Å²) in [5.41, 5.74) is 0. The zero-order chi connectivity index (χ0) is 14.7. The minimum atomic E-state index is -0.478. The first-order chi connectivity index (χ1) is 9.49. The Bertz CT molecular complexity index is 498. The summed E-state index contributed by atoms with van der Waals surface area (Å²) in [5, 5.41) is 3.31. The highest BCUT2D eigenvalue weighted by Crippen LogP contribution is 2.21. The van der Waals surface area contributed by atoms with Crippen LogP contribution in [-0.4, -0.2) is 42.6 Å². The summed E-state index contributed by atoms with van der Waals surface area (Å²) in [6.45, 7) is 5.31. The summed E-state index contributed by atoms with van der Waals surface area (Å²) in [5.74, 6) is -0.501. The number of piperazine rings is 1. The molecule has 2 rings (SSSR count). The van der Waals surface area contributed by atoms with E-state index in [9.17, 15) is 9.18 Å². The molecule has 0 bridgehead atoms. The fraction of sp³-hybridized carbons (Fsp3) is 0.500. The normalized spacial score (nSPS) is 22.7. The van der Waals surface area contributed by atoms with E-state index >= 15 is 0 Å². The molecule has 2 atom stereocenters. The van der Waals surface area contributed by atoms with Crippen LogP contribution in [-0.2, 0) is 4.79 Å². The van der Waals surface area contributed by atoms with Gasteiger partial charge in [0.1, 0.15) is 0 Å². The molecular formula is C14H18BrFN2O2. The number of nitrogens with one attached hydrogen (secondary N) is 1. The van der Waals surface area contributed by atoms with Crippen molar-refractivity contribution in [2.24, 2.45) is 0 Å². The van der Waals surface area contributed by atoms with Gasteiger partial charge in [-0.05, 0) is 32.0 Å². The van der Waals surface area contributed by atoms with Gasteiger partial charge in [0.15, 0.2) is 18.2 Å². The molecular weight excluding hydrogens is 327 g/mol. The Hall–Kier alpha value is -1.14. The van der Waals surface area contributed by atoms with E-state index in [2.05, 4.69) is 21.2 Å². The maximum Gasteiger partial charge on any atom is 0.260 e. The maximum atomic E-state index is 13.6. The quantitative estimate of drug-likeness (QED) is 0.913. The Labute approximate surface area is 126 Å². The van der Waals surface area contributed by atoms with Gasteiger partial charge < -0.3 is 15.0 Å². The van der Waals surface area contributed by atoms with Crippen molar-refractivity contribution in [1.29, 1.82) is 0 Å². The van der Waals surface area contributed by atoms with Gasteiger partial charge in [-0.25, -0.2) is 4.39 Å². The van der Waals surface area contributed by atoms with Crippen LogP contribution >= 0.6 is 15.9 Å². The molecule has 0 saturated carbocycles. The number of hydrogen-bond acceptors (Lipinski definition) is 3. The Kier molecular flexibility index (Phi) is 4.99. The zero-order valence-electron chi connectivity index (χ0n) is 11.5. The first-order valence-corrected chi connectivity index (χ1v) is 7.39. The lowest BCUT2D eigenvalue weighted by Crippen LogP contribution is -2.58. The first kappa shape index (κ1) is 15.3. The Morgan fingerprint density at radius 1 is 1.55 bits per heavy atom. The molecule has 0 aromatic heterocycles. The van der Waals surface area contributed by atoms with E-state index in [1.54, 1.807) is 11.0 Å². The van der Waals surface area contributed by atoms with Crippen LogP contribution in [0.25, 0.3) is 0 Å². The number of amides is 1. The topological polar surface area (TPSA) is 41.6 Å². The minimum absolute atomic E-state index is 0.0948. The smallest absolute Gasteiger partial charge is 0.260 e. The van der Waals surface area contributed by atoms with Gasteiger partial charge in [0.2, 0.25) is 0 Å². The number of hydrogen-bond donors (Lipinski definition) is 1. The molecule has 20 heavy (non-hydrogen) atoms. The fourth-order valence-corrected chi connectivity index (χ4v) is 2.56. The molecule has 1 amide bonds. The van der Waals surface area contributed by atoms with Gasteiger partial charge in [0.05, 0.1) is 0 Å². The molecule has 1 heterocycles. The van der Waals surface area contributed by atoms with Crippen LogP contribution in [0, 0.1) is 5.82 Å². The summed E-state index contributed by atoms with van der Waals surface area (Å²) >= 11 is 3.18. The summed E-state index contributed by atoms with van der Waals surface area (Å²) in [6, 6.07) is 4.86. The monoisotopic (exact) mass is 344 g/mol. The van der Waals surface area contributed by atoms with Crippen molar-refractivity contribution in [2.45, 2.75) is 25.9 Å². The van der Waals surface area contributed by atoms with Gasteiger partial charge in [-0.1, -0.05) is 15.9 Å². The molecule has 1 aromatic rings. The van der Waals surface area contributed by atoms with E-state index in [4.69, 9.17) is 4.74 Å². The standard InChI is InChI=1S/C14H18BrFN2O2/c1-9-10(2)18(6-5-17-9)14(19)8-20-13-4-3-11(15)7-12(13)16/h3-4,7,9-10,17H,5-6,8H2,1-2H3. The van der Waals surface area contributed by atoms with Crippen LogP contribution in [0.3, 0.4) is 0 Å². The van der Waals surface area contributed by atoms with E-state index in [0.717, 1.165) is 6.54 Å². The number of halogens is 2. The SMILES string of the molecule is CC1NCCN(C(=O)COc2ccc(Br)cc2F)C1C. The number of benzene rings is 1. The molecule has 6 heteroatoms. The van der Waals surface area contributed by atoms with Gasteiger partial charge in [-0.15, -0.1) is 0 Å². The largest absolute Gasteiger partial charge is 0.481 e. The molecule has 1 fully saturated rings. The predicted octanol–water partition coefficient (Wildman–Crippen LogP) is 2.18. The van der Waals surface area contributed by atoms with E-state index in [-0.39, 0.29) is 30.3 Å². The lowest BCUT2D eigenvalue weighted by molar-refractivity contribution is -0.137. The summed E-state index contributed by atoms with van der Waals surface area (Å²) in [7, 11) is 0. The van der Waals surface area contributed by atoms with Crippen molar-refractivity contribution in [1.82, 2.24) is 10.2 Å². The minimum Gasteiger partial charge on any atom is -0.481 e. The molecule has 2 unspecified atom stereocenters. The van der Waals surface area contributed by atoms with Gasteiger partial charge >= 0.3 is 0 Å². The van der Waals surface area contributed by atoms with Crippen LogP contribution in [0.15, 0.2) is 22.7 Å². The van der Waals surface area contributed by atoms with Crippen molar-refractivity contribution < 1.29 is 13.9 Å². The van der Waals surface area contributed by atoms with E-state index in [1.807, 2.05) is 13.8 Å². The molecule has 0 spiro atoms. The van der Waals surface area contributed by atoms with E-state index < -0.39 is 5.82 Å². The van der Waals surface area contributed by atoms with Crippen molar-refractivity contribution in [3.05, 3.63) is 28.5 Å². The highest BCUT2D eigenvalue weighted by molar-refractivity contribution is 9.10. The molecule has 4 nitrogen and oxygen atoms in total. The third-order valence-electron chi connectivity index (χ3n) is 3.60. The van der Waals surface area contributed by atoms with Crippen LogP contribution in [0.2, 0.25) is 0 Å². The van der Waals surface area contributed by atoms with Crippen molar-refractivity contribution in [3.8, 4) is 5.75 Å². The molecule has 1 N–H and O–H groups in total. The van der Waals surface area contributed by atoms with E-state index in [1.165, 1.54) is 12.1 Å². The third kappa shape index (κ3) is 3.49. The number of ether oxygens (including phenoxy) is 1. The fourth-order valence-electron chi connectivity index (χ4n) is 2.22. The van der Waals surface area contributed by atoms with Gasteiger partial charge in [0.25, 0.3) is 5.91 Å². The highest BCUT2D eigenvalue weighted by atomic mass is 79.9. The molecule has 1 saturated heterocycles. The molecule has 0 radical (unpaired) electrons. The average molecular weight is 345 g/mol. The van der Waals surface area contributed by atoms with Gasteiger partial charge in [0, 0.05) is 29.6 Å². The van der Waals surface area contributed by atoms with Crippen LogP contribution in [0.5, 0.6) is 5.75 Å².